The van der Waals surface area contributed by atoms with E-state index >= 15 is 0 Å². The normalized spacial score (nSPS) is 18.8. The van der Waals surface area contributed by atoms with Crippen LogP contribution in [0.2, 0.25) is 0 Å². The van der Waals surface area contributed by atoms with E-state index in [1.807, 2.05) is 37.3 Å². The lowest BCUT2D eigenvalue weighted by Gasteiger charge is -2.29. The first-order valence-corrected chi connectivity index (χ1v) is 16.1. The summed E-state index contributed by atoms with van der Waals surface area (Å²) in [4.78, 5) is 27.1. The molecule has 1 heterocycles. The molecule has 9 nitrogen and oxygen atoms in total. The minimum Gasteiger partial charge on any atom is -0.389 e. The van der Waals surface area contributed by atoms with Gasteiger partial charge < -0.3 is 21.1 Å². The molecule has 4 rings (SSSR count). The SMILES string of the molecule is CC1CCC(C(O)C(Cc2ccccc2)NC(=O)c2cc(C(=O)NC(C)c3ccc(F)cc3)cc(N(C)S(C)(=O)=O)c2)N1. The molecule has 5 unspecified atom stereocenters. The van der Waals surface area contributed by atoms with E-state index in [2.05, 4.69) is 16.0 Å². The second kappa shape index (κ2) is 13.7. The summed E-state index contributed by atoms with van der Waals surface area (Å²) in [6.45, 7) is 3.78. The molecule has 230 valence electrons. The van der Waals surface area contributed by atoms with Crippen LogP contribution in [-0.4, -0.2) is 62.9 Å². The summed E-state index contributed by atoms with van der Waals surface area (Å²) in [6, 6.07) is 18.3. The first kappa shape index (κ1) is 32.1. The van der Waals surface area contributed by atoms with Crippen molar-refractivity contribution in [2.24, 2.45) is 0 Å². The predicted molar refractivity (Wildman–Crippen MR) is 165 cm³/mol. The van der Waals surface area contributed by atoms with Crippen LogP contribution in [0.15, 0.2) is 72.8 Å². The van der Waals surface area contributed by atoms with Crippen LogP contribution in [-0.2, 0) is 16.4 Å². The Kier molecular flexibility index (Phi) is 10.2. The molecule has 2 amide bonds. The average molecular weight is 611 g/mol. The van der Waals surface area contributed by atoms with Crippen LogP contribution in [0.3, 0.4) is 0 Å². The van der Waals surface area contributed by atoms with Crippen LogP contribution >= 0.6 is 0 Å². The van der Waals surface area contributed by atoms with Crippen molar-refractivity contribution in [2.45, 2.75) is 63.4 Å². The molecular formula is C32H39FN4O5S. The van der Waals surface area contributed by atoms with Crippen LogP contribution in [0.1, 0.15) is 64.6 Å². The summed E-state index contributed by atoms with van der Waals surface area (Å²) in [7, 11) is -2.38. The number of nitrogens with zero attached hydrogens (tertiary/aromatic N) is 1. The smallest absolute Gasteiger partial charge is 0.251 e. The summed E-state index contributed by atoms with van der Waals surface area (Å²) in [5, 5.41) is 20.5. The third-order valence-corrected chi connectivity index (χ3v) is 9.08. The van der Waals surface area contributed by atoms with E-state index in [-0.39, 0.29) is 28.9 Å². The van der Waals surface area contributed by atoms with Crippen molar-refractivity contribution in [3.63, 3.8) is 0 Å². The first-order valence-electron chi connectivity index (χ1n) is 14.3. The third-order valence-electron chi connectivity index (χ3n) is 7.87. The lowest BCUT2D eigenvalue weighted by atomic mass is 9.95. The fourth-order valence-corrected chi connectivity index (χ4v) is 5.74. The van der Waals surface area contributed by atoms with Crippen molar-refractivity contribution in [1.29, 1.82) is 0 Å². The highest BCUT2D eigenvalue weighted by atomic mass is 32.2. The maximum atomic E-state index is 13.7. The van der Waals surface area contributed by atoms with Gasteiger partial charge in [-0.1, -0.05) is 42.5 Å². The van der Waals surface area contributed by atoms with Crippen molar-refractivity contribution in [1.82, 2.24) is 16.0 Å². The Morgan fingerprint density at radius 3 is 2.16 bits per heavy atom. The molecule has 3 aromatic rings. The molecule has 11 heteroatoms. The largest absolute Gasteiger partial charge is 0.389 e. The molecule has 0 bridgehead atoms. The van der Waals surface area contributed by atoms with Gasteiger partial charge in [0.1, 0.15) is 5.82 Å². The van der Waals surface area contributed by atoms with Crippen LogP contribution in [0.25, 0.3) is 0 Å². The number of hydrogen-bond acceptors (Lipinski definition) is 6. The Bertz CT molecular complexity index is 1540. The number of sulfonamides is 1. The number of amides is 2. The Labute approximate surface area is 252 Å². The molecule has 1 fully saturated rings. The highest BCUT2D eigenvalue weighted by molar-refractivity contribution is 7.92. The van der Waals surface area contributed by atoms with E-state index in [0.29, 0.717) is 12.0 Å². The van der Waals surface area contributed by atoms with Gasteiger partial charge in [0.2, 0.25) is 10.0 Å². The number of nitrogens with one attached hydrogen (secondary N) is 3. The number of hydrogen-bond donors (Lipinski definition) is 4. The maximum absolute atomic E-state index is 13.7. The van der Waals surface area contributed by atoms with E-state index in [1.54, 1.807) is 19.1 Å². The fourth-order valence-electron chi connectivity index (χ4n) is 5.25. The molecule has 3 aromatic carbocycles. The second-order valence-corrected chi connectivity index (χ2v) is 13.3. The monoisotopic (exact) mass is 610 g/mol. The van der Waals surface area contributed by atoms with Gasteiger partial charge in [-0.05, 0) is 74.6 Å². The summed E-state index contributed by atoms with van der Waals surface area (Å²) in [5.74, 6) is -1.50. The standard InChI is InChI=1S/C32H39FN4O5S/c1-20-10-15-28(34-20)30(38)29(16-22-8-6-5-7-9-22)36-32(40)25-17-24(18-27(19-25)37(3)43(4,41)42)31(39)35-21(2)23-11-13-26(33)14-12-23/h5-9,11-14,17-21,28-30,34,38H,10,15-16H2,1-4H3,(H,35,39)(H,36,40). The van der Waals surface area contributed by atoms with Gasteiger partial charge in [0.05, 0.1) is 30.1 Å². The Hall–Kier alpha value is -3.80. The van der Waals surface area contributed by atoms with E-state index in [4.69, 9.17) is 0 Å². The van der Waals surface area contributed by atoms with Gasteiger partial charge in [-0.3, -0.25) is 13.9 Å². The number of benzene rings is 3. The lowest BCUT2D eigenvalue weighted by molar-refractivity contribution is 0.0732. The minimum absolute atomic E-state index is 0.0607. The molecule has 1 saturated heterocycles. The molecule has 5 atom stereocenters. The highest BCUT2D eigenvalue weighted by Crippen LogP contribution is 2.24. The fraction of sp³-hybridized carbons (Fsp3) is 0.375. The molecule has 1 aliphatic rings. The zero-order valence-electron chi connectivity index (χ0n) is 24.7. The Morgan fingerprint density at radius 2 is 1.60 bits per heavy atom. The number of aliphatic hydroxyl groups excluding tert-OH is 1. The number of carbonyl (C=O) groups is 2. The number of rotatable bonds is 11. The average Bonchev–Trinajstić information content (AvgIpc) is 3.42. The maximum Gasteiger partial charge on any atom is 0.251 e. The van der Waals surface area contributed by atoms with Crippen LogP contribution in [0.5, 0.6) is 0 Å². The molecule has 0 aliphatic carbocycles. The number of carbonyl (C=O) groups excluding carboxylic acids is 2. The quantitative estimate of drug-likeness (QED) is 0.263. The van der Waals surface area contributed by atoms with E-state index < -0.39 is 45.8 Å². The zero-order chi connectivity index (χ0) is 31.3. The Morgan fingerprint density at radius 1 is 1.00 bits per heavy atom. The van der Waals surface area contributed by atoms with Gasteiger partial charge in [0, 0.05) is 30.3 Å². The highest BCUT2D eigenvalue weighted by Gasteiger charge is 2.33. The van der Waals surface area contributed by atoms with Crippen molar-refractivity contribution in [3.05, 3.63) is 101 Å². The minimum atomic E-state index is -3.72. The van der Waals surface area contributed by atoms with Gasteiger partial charge in [-0.2, -0.15) is 0 Å². The van der Waals surface area contributed by atoms with Crippen LogP contribution < -0.4 is 20.3 Å². The molecular weight excluding hydrogens is 571 g/mol. The first-order chi connectivity index (χ1) is 20.3. The summed E-state index contributed by atoms with van der Waals surface area (Å²) in [6.07, 6.45) is 2.16. The number of halogens is 1. The summed E-state index contributed by atoms with van der Waals surface area (Å²) >= 11 is 0. The molecule has 0 radical (unpaired) electrons. The predicted octanol–water partition coefficient (Wildman–Crippen LogP) is 3.56. The topological polar surface area (TPSA) is 128 Å². The summed E-state index contributed by atoms with van der Waals surface area (Å²) in [5.41, 5.74) is 1.85. The van der Waals surface area contributed by atoms with Gasteiger partial charge >= 0.3 is 0 Å². The van der Waals surface area contributed by atoms with Crippen molar-refractivity contribution < 1.29 is 27.5 Å². The zero-order valence-corrected chi connectivity index (χ0v) is 25.6. The third kappa shape index (κ3) is 8.40. The summed E-state index contributed by atoms with van der Waals surface area (Å²) < 4.78 is 39.1. The lowest BCUT2D eigenvalue weighted by Crippen LogP contribution is -2.53. The molecule has 0 aromatic heterocycles. The van der Waals surface area contributed by atoms with Gasteiger partial charge in [0.15, 0.2) is 0 Å². The van der Waals surface area contributed by atoms with E-state index in [1.165, 1.54) is 37.4 Å². The van der Waals surface area contributed by atoms with Crippen LogP contribution in [0, 0.1) is 5.82 Å². The van der Waals surface area contributed by atoms with Gasteiger partial charge in [0.25, 0.3) is 11.8 Å². The van der Waals surface area contributed by atoms with Gasteiger partial charge in [-0.15, -0.1) is 0 Å². The molecule has 0 saturated carbocycles. The van der Waals surface area contributed by atoms with Crippen LogP contribution in [0.4, 0.5) is 10.1 Å². The van der Waals surface area contributed by atoms with Crippen molar-refractivity contribution >= 4 is 27.5 Å². The molecule has 0 spiro atoms. The van der Waals surface area contributed by atoms with Gasteiger partial charge in [-0.25, -0.2) is 12.8 Å². The molecule has 4 N–H and O–H groups in total. The number of anilines is 1. The second-order valence-electron chi connectivity index (χ2n) is 11.3. The number of aliphatic hydroxyl groups is 1. The Balaban J connectivity index is 1.64. The van der Waals surface area contributed by atoms with Crippen molar-refractivity contribution in [3.8, 4) is 0 Å². The van der Waals surface area contributed by atoms with E-state index in [0.717, 1.165) is 29.0 Å². The van der Waals surface area contributed by atoms with Crippen molar-refractivity contribution in [2.75, 3.05) is 17.6 Å². The molecule has 1 aliphatic heterocycles. The van der Waals surface area contributed by atoms with E-state index in [9.17, 15) is 27.5 Å². The molecule has 43 heavy (non-hydrogen) atoms.